The number of aryl methyl sites for hydroxylation is 1. The molecule has 0 aromatic carbocycles. The molecule has 27 heavy (non-hydrogen) atoms. The number of amides is 1. The molecule has 0 spiro atoms. The van der Waals surface area contributed by atoms with E-state index in [4.69, 9.17) is 4.74 Å². The molecule has 146 valence electrons. The molecule has 2 aromatic rings. The third kappa shape index (κ3) is 4.09. The fourth-order valence-electron chi connectivity index (χ4n) is 3.73. The second kappa shape index (κ2) is 8.10. The van der Waals surface area contributed by atoms with Gasteiger partial charge >= 0.3 is 0 Å². The third-order valence-corrected chi connectivity index (χ3v) is 6.59. The van der Waals surface area contributed by atoms with Crippen LogP contribution in [0.3, 0.4) is 0 Å². The van der Waals surface area contributed by atoms with Crippen LogP contribution in [-0.2, 0) is 4.74 Å². The highest BCUT2D eigenvalue weighted by Crippen LogP contribution is 2.35. The summed E-state index contributed by atoms with van der Waals surface area (Å²) in [6.07, 6.45) is 7.52. The van der Waals surface area contributed by atoms with Crippen LogP contribution in [0.4, 0.5) is 5.82 Å². The van der Waals surface area contributed by atoms with Crippen LogP contribution in [0.25, 0.3) is 10.2 Å². The van der Waals surface area contributed by atoms with Gasteiger partial charge in [0.15, 0.2) is 0 Å². The highest BCUT2D eigenvalue weighted by atomic mass is 32.1. The van der Waals surface area contributed by atoms with E-state index in [1.165, 1.54) is 24.2 Å². The summed E-state index contributed by atoms with van der Waals surface area (Å²) in [5, 5.41) is 4.40. The minimum Gasteiger partial charge on any atom is -0.376 e. The van der Waals surface area contributed by atoms with Gasteiger partial charge in [0, 0.05) is 26.2 Å². The zero-order chi connectivity index (χ0) is 18.8. The number of rotatable bonds is 8. The standard InChI is InChI=1S/C20H28N4O2S/c1-3-8-24(11-14-6-7-14)20(25)17-13(2)16-18(22-12-23-19(16)27-17)21-10-15-5-4-9-26-15/h12,14-15H,3-11H2,1-2H3,(H,21,22,23)/t15-/m0/s1. The highest BCUT2D eigenvalue weighted by Gasteiger charge is 2.29. The molecule has 1 saturated heterocycles. The summed E-state index contributed by atoms with van der Waals surface area (Å²) in [5.41, 5.74) is 0.993. The predicted octanol–water partition coefficient (Wildman–Crippen LogP) is 3.85. The molecule has 2 fully saturated rings. The quantitative estimate of drug-likeness (QED) is 0.744. The zero-order valence-electron chi connectivity index (χ0n) is 16.2. The molecular formula is C20H28N4O2S. The van der Waals surface area contributed by atoms with Crippen molar-refractivity contribution in [1.29, 1.82) is 0 Å². The number of thiophene rings is 1. The van der Waals surface area contributed by atoms with Gasteiger partial charge in [-0.1, -0.05) is 6.92 Å². The summed E-state index contributed by atoms with van der Waals surface area (Å²) in [7, 11) is 0. The molecule has 0 bridgehead atoms. The lowest BCUT2D eigenvalue weighted by Gasteiger charge is -2.21. The molecule has 2 aromatic heterocycles. The first-order chi connectivity index (χ1) is 13.2. The minimum absolute atomic E-state index is 0.148. The molecule has 7 heteroatoms. The molecule has 2 aliphatic rings. The van der Waals surface area contributed by atoms with E-state index in [0.717, 1.165) is 72.0 Å². The molecule has 0 radical (unpaired) electrons. The smallest absolute Gasteiger partial charge is 0.264 e. The Morgan fingerprint density at radius 2 is 2.22 bits per heavy atom. The van der Waals surface area contributed by atoms with Crippen LogP contribution in [0.15, 0.2) is 6.33 Å². The molecular weight excluding hydrogens is 360 g/mol. The molecule has 1 saturated carbocycles. The van der Waals surface area contributed by atoms with Gasteiger partial charge < -0.3 is 15.0 Å². The van der Waals surface area contributed by atoms with Crippen molar-refractivity contribution < 1.29 is 9.53 Å². The van der Waals surface area contributed by atoms with E-state index < -0.39 is 0 Å². The number of hydrogen-bond acceptors (Lipinski definition) is 6. The van der Waals surface area contributed by atoms with Crippen LogP contribution in [-0.4, -0.2) is 53.1 Å². The van der Waals surface area contributed by atoms with E-state index >= 15 is 0 Å². The maximum atomic E-state index is 13.2. The number of ether oxygens (including phenoxy) is 1. The van der Waals surface area contributed by atoms with E-state index in [1.54, 1.807) is 6.33 Å². The lowest BCUT2D eigenvalue weighted by molar-refractivity contribution is 0.0752. The van der Waals surface area contributed by atoms with Crippen LogP contribution in [0.1, 0.15) is 54.3 Å². The molecule has 1 amide bonds. The van der Waals surface area contributed by atoms with Crippen molar-refractivity contribution in [3.05, 3.63) is 16.8 Å². The highest BCUT2D eigenvalue weighted by molar-refractivity contribution is 7.20. The van der Waals surface area contributed by atoms with Crippen molar-refractivity contribution in [2.24, 2.45) is 5.92 Å². The lowest BCUT2D eigenvalue weighted by Crippen LogP contribution is -2.33. The average molecular weight is 389 g/mol. The van der Waals surface area contributed by atoms with Crippen molar-refractivity contribution in [2.75, 3.05) is 31.6 Å². The van der Waals surface area contributed by atoms with Crippen molar-refractivity contribution in [2.45, 2.75) is 52.1 Å². The van der Waals surface area contributed by atoms with Gasteiger partial charge in [-0.15, -0.1) is 11.3 Å². The Morgan fingerprint density at radius 1 is 1.37 bits per heavy atom. The summed E-state index contributed by atoms with van der Waals surface area (Å²) in [6.45, 7) is 7.44. The number of aromatic nitrogens is 2. The van der Waals surface area contributed by atoms with Crippen molar-refractivity contribution >= 4 is 33.3 Å². The monoisotopic (exact) mass is 388 g/mol. The summed E-state index contributed by atoms with van der Waals surface area (Å²) in [4.78, 5) is 25.8. The van der Waals surface area contributed by atoms with Crippen molar-refractivity contribution in [3.8, 4) is 0 Å². The summed E-state index contributed by atoms with van der Waals surface area (Å²) >= 11 is 1.49. The topological polar surface area (TPSA) is 67.4 Å². The number of anilines is 1. The second-order valence-electron chi connectivity index (χ2n) is 7.67. The Hall–Kier alpha value is -1.73. The molecule has 3 heterocycles. The molecule has 6 nitrogen and oxygen atoms in total. The lowest BCUT2D eigenvalue weighted by atomic mass is 10.1. The number of carbonyl (C=O) groups is 1. The Labute approximate surface area is 164 Å². The van der Waals surface area contributed by atoms with Crippen LogP contribution in [0, 0.1) is 12.8 Å². The molecule has 1 aliphatic carbocycles. The van der Waals surface area contributed by atoms with Gasteiger partial charge in [0.25, 0.3) is 5.91 Å². The van der Waals surface area contributed by atoms with Crippen molar-refractivity contribution in [3.63, 3.8) is 0 Å². The average Bonchev–Trinajstić information content (AvgIpc) is 3.21. The summed E-state index contributed by atoms with van der Waals surface area (Å²) in [5.74, 6) is 1.65. The Bertz CT molecular complexity index is 812. The molecule has 1 aliphatic heterocycles. The molecule has 1 N–H and O–H groups in total. The van der Waals surface area contributed by atoms with Gasteiger partial charge in [-0.05, 0) is 50.5 Å². The number of hydrogen-bond donors (Lipinski definition) is 1. The van der Waals surface area contributed by atoms with Gasteiger partial charge in [-0.25, -0.2) is 9.97 Å². The van der Waals surface area contributed by atoms with Gasteiger partial charge in [0.2, 0.25) is 0 Å². The Kier molecular flexibility index (Phi) is 5.59. The van der Waals surface area contributed by atoms with Gasteiger partial charge in [0.05, 0.1) is 16.4 Å². The predicted molar refractivity (Wildman–Crippen MR) is 109 cm³/mol. The second-order valence-corrected chi connectivity index (χ2v) is 8.67. The first kappa shape index (κ1) is 18.6. The van der Waals surface area contributed by atoms with Crippen LogP contribution in [0.2, 0.25) is 0 Å². The zero-order valence-corrected chi connectivity index (χ0v) is 17.0. The molecule has 1 atom stereocenters. The summed E-state index contributed by atoms with van der Waals surface area (Å²) < 4.78 is 5.70. The van der Waals surface area contributed by atoms with Gasteiger partial charge in [-0.3, -0.25) is 4.79 Å². The number of fused-ring (bicyclic) bond motifs is 1. The molecule has 0 unspecified atom stereocenters. The van der Waals surface area contributed by atoms with E-state index in [0.29, 0.717) is 5.92 Å². The van der Waals surface area contributed by atoms with Gasteiger partial charge in [0.1, 0.15) is 17.0 Å². The number of nitrogens with one attached hydrogen (secondary N) is 1. The minimum atomic E-state index is 0.148. The molecule has 4 rings (SSSR count). The maximum absolute atomic E-state index is 13.2. The normalized spacial score (nSPS) is 19.6. The maximum Gasteiger partial charge on any atom is 0.264 e. The van der Waals surface area contributed by atoms with E-state index in [2.05, 4.69) is 22.2 Å². The fraction of sp³-hybridized carbons (Fsp3) is 0.650. The van der Waals surface area contributed by atoms with E-state index in [1.807, 2.05) is 11.8 Å². The van der Waals surface area contributed by atoms with Crippen LogP contribution >= 0.6 is 11.3 Å². The number of carbonyl (C=O) groups excluding carboxylic acids is 1. The SMILES string of the molecule is CCCN(CC1CC1)C(=O)c1sc2ncnc(NC[C@@H]3CCCO3)c2c1C. The van der Waals surface area contributed by atoms with E-state index in [9.17, 15) is 4.79 Å². The van der Waals surface area contributed by atoms with E-state index in [-0.39, 0.29) is 12.0 Å². The third-order valence-electron chi connectivity index (χ3n) is 5.40. The van der Waals surface area contributed by atoms with Crippen LogP contribution in [0.5, 0.6) is 0 Å². The fourth-order valence-corrected chi connectivity index (χ4v) is 4.84. The largest absolute Gasteiger partial charge is 0.376 e. The van der Waals surface area contributed by atoms with Gasteiger partial charge in [-0.2, -0.15) is 0 Å². The van der Waals surface area contributed by atoms with Crippen LogP contribution < -0.4 is 5.32 Å². The first-order valence-corrected chi connectivity index (χ1v) is 10.9. The first-order valence-electron chi connectivity index (χ1n) is 10.1. The Morgan fingerprint density at radius 3 is 2.93 bits per heavy atom. The summed E-state index contributed by atoms with van der Waals surface area (Å²) in [6, 6.07) is 0. The van der Waals surface area contributed by atoms with Crippen molar-refractivity contribution in [1.82, 2.24) is 14.9 Å². The number of nitrogens with zero attached hydrogens (tertiary/aromatic N) is 3. The Balaban J connectivity index is 1.58.